The molecule has 5 nitrogen and oxygen atoms in total. The lowest BCUT2D eigenvalue weighted by Gasteiger charge is -2.44. The first-order valence-electron chi connectivity index (χ1n) is 12.0. The van der Waals surface area contributed by atoms with Gasteiger partial charge in [-0.2, -0.15) is 0 Å². The minimum atomic E-state index is -1.29. The van der Waals surface area contributed by atoms with E-state index in [1.165, 1.54) is 11.6 Å². The Hall–Kier alpha value is -2.66. The Morgan fingerprint density at radius 3 is 2.58 bits per heavy atom. The number of allylic oxidation sites excluding steroid dienone is 2. The summed E-state index contributed by atoms with van der Waals surface area (Å²) in [6.07, 6.45) is 9.98. The first-order valence-corrected chi connectivity index (χ1v) is 12.0. The van der Waals surface area contributed by atoms with Gasteiger partial charge in [0, 0.05) is 29.9 Å². The normalized spacial score (nSPS) is 38.8. The van der Waals surface area contributed by atoms with Gasteiger partial charge in [-0.3, -0.25) is 4.79 Å². The van der Waals surface area contributed by atoms with Crippen molar-refractivity contribution in [3.63, 3.8) is 0 Å². The van der Waals surface area contributed by atoms with E-state index in [-0.39, 0.29) is 41.5 Å². The molecule has 3 aliphatic rings. The molecular formula is C28H35NO4. The third-order valence-electron chi connectivity index (χ3n) is 7.87. The molecule has 8 unspecified atom stereocenters. The predicted octanol–water partition coefficient (Wildman–Crippen LogP) is 3.99. The largest absolute Gasteiger partial charge is 0.444 e. The van der Waals surface area contributed by atoms with Crippen LogP contribution in [0.1, 0.15) is 39.7 Å². The zero-order valence-corrected chi connectivity index (χ0v) is 19.9. The Bertz CT molecular complexity index is 981. The summed E-state index contributed by atoms with van der Waals surface area (Å²) < 4.78 is 6.13. The molecule has 1 spiro atoms. The van der Waals surface area contributed by atoms with Gasteiger partial charge in [-0.15, -0.1) is 0 Å². The Kier molecular flexibility index (Phi) is 6.62. The average molecular weight is 450 g/mol. The van der Waals surface area contributed by atoms with Gasteiger partial charge in [-0.05, 0) is 37.2 Å². The van der Waals surface area contributed by atoms with Gasteiger partial charge in [0.1, 0.15) is 0 Å². The van der Waals surface area contributed by atoms with Gasteiger partial charge in [0.05, 0.1) is 6.10 Å². The molecule has 0 radical (unpaired) electrons. The van der Waals surface area contributed by atoms with Gasteiger partial charge in [0.15, 0.2) is 0 Å². The Balaban J connectivity index is 1.77. The summed E-state index contributed by atoms with van der Waals surface area (Å²) in [7, 11) is 0. The van der Waals surface area contributed by atoms with Crippen molar-refractivity contribution in [1.82, 2.24) is 5.32 Å². The van der Waals surface area contributed by atoms with Gasteiger partial charge in [-0.1, -0.05) is 81.0 Å². The highest BCUT2D eigenvalue weighted by atomic mass is 16.6. The second kappa shape index (κ2) is 9.30. The molecule has 0 saturated carbocycles. The van der Waals surface area contributed by atoms with E-state index in [9.17, 15) is 14.7 Å². The number of nitrogens with one attached hydrogen (secondary N) is 1. The van der Waals surface area contributed by atoms with Crippen molar-refractivity contribution < 1.29 is 19.4 Å². The molecule has 2 aliphatic heterocycles. The van der Waals surface area contributed by atoms with E-state index in [4.69, 9.17) is 4.74 Å². The molecule has 8 atom stereocenters. The van der Waals surface area contributed by atoms with Gasteiger partial charge < -0.3 is 15.2 Å². The average Bonchev–Trinajstić information content (AvgIpc) is 3.06. The van der Waals surface area contributed by atoms with Crippen molar-refractivity contribution in [3.8, 4) is 0 Å². The first-order chi connectivity index (χ1) is 15.7. The van der Waals surface area contributed by atoms with Crippen molar-refractivity contribution in [2.75, 3.05) is 0 Å². The number of esters is 1. The molecule has 4 rings (SSSR count). The highest BCUT2D eigenvalue weighted by Crippen LogP contribution is 2.50. The van der Waals surface area contributed by atoms with Crippen LogP contribution in [0.2, 0.25) is 0 Å². The molecular weight excluding hydrogens is 414 g/mol. The second-order valence-electron chi connectivity index (χ2n) is 10.1. The number of aliphatic hydroxyl groups is 1. The Morgan fingerprint density at radius 2 is 1.85 bits per heavy atom. The van der Waals surface area contributed by atoms with Crippen LogP contribution in [-0.4, -0.2) is 34.7 Å². The topological polar surface area (TPSA) is 75.6 Å². The third kappa shape index (κ3) is 4.31. The number of benzene rings is 1. The molecule has 2 heterocycles. The molecule has 1 aliphatic carbocycles. The van der Waals surface area contributed by atoms with Crippen molar-refractivity contribution in [2.45, 2.75) is 58.3 Å². The van der Waals surface area contributed by atoms with E-state index in [0.29, 0.717) is 12.8 Å². The number of carbonyl (C=O) groups is 2. The lowest BCUT2D eigenvalue weighted by molar-refractivity contribution is -0.172. The van der Waals surface area contributed by atoms with Crippen LogP contribution in [0.4, 0.5) is 0 Å². The van der Waals surface area contributed by atoms with E-state index < -0.39 is 17.7 Å². The molecule has 1 fully saturated rings. The molecule has 1 amide bonds. The highest BCUT2D eigenvalue weighted by Gasteiger charge is 2.64. The zero-order valence-electron chi connectivity index (χ0n) is 19.9. The summed E-state index contributed by atoms with van der Waals surface area (Å²) in [6.45, 7) is 8.11. The molecule has 176 valence electrons. The van der Waals surface area contributed by atoms with E-state index >= 15 is 0 Å². The number of hydrogen-bond donors (Lipinski definition) is 2. The quantitative estimate of drug-likeness (QED) is 0.529. The van der Waals surface area contributed by atoms with Crippen LogP contribution in [-0.2, 0) is 20.7 Å². The second-order valence-corrected chi connectivity index (χ2v) is 10.1. The third-order valence-corrected chi connectivity index (χ3v) is 7.87. The minimum absolute atomic E-state index is 0.0268. The summed E-state index contributed by atoms with van der Waals surface area (Å²) in [4.78, 5) is 26.7. The number of rotatable bonds is 2. The molecule has 1 aromatic carbocycles. The standard InChI is InChI=1S/C28H35NO4/c1-17-9-8-12-22-15-19(3)20(4)25-23(16-21-10-6-5-7-11-21)29-27(32)28(22,25)33-24(30)14-13-18(2)26(17)31/h5-8,10-15,17-18,20,22-23,25-26,31H,9,16H2,1-4H3,(H,29,32). The first kappa shape index (κ1) is 23.5. The fraction of sp³-hybridized carbons (Fsp3) is 0.500. The molecule has 1 saturated heterocycles. The maximum Gasteiger partial charge on any atom is 0.331 e. The van der Waals surface area contributed by atoms with E-state index in [1.807, 2.05) is 44.2 Å². The van der Waals surface area contributed by atoms with Crippen LogP contribution in [0.25, 0.3) is 0 Å². The van der Waals surface area contributed by atoms with Crippen molar-refractivity contribution in [1.29, 1.82) is 0 Å². The molecule has 5 heteroatoms. The monoisotopic (exact) mass is 449 g/mol. The van der Waals surface area contributed by atoms with E-state index in [1.54, 1.807) is 6.08 Å². The van der Waals surface area contributed by atoms with Gasteiger partial charge in [0.25, 0.3) is 5.91 Å². The maximum atomic E-state index is 13.6. The fourth-order valence-corrected chi connectivity index (χ4v) is 5.83. The van der Waals surface area contributed by atoms with Gasteiger partial charge in [0.2, 0.25) is 5.60 Å². The summed E-state index contributed by atoms with van der Waals surface area (Å²) in [5, 5.41) is 13.8. The fourth-order valence-electron chi connectivity index (χ4n) is 5.83. The molecule has 33 heavy (non-hydrogen) atoms. The Labute approximate surface area is 196 Å². The van der Waals surface area contributed by atoms with E-state index in [0.717, 1.165) is 5.56 Å². The summed E-state index contributed by atoms with van der Waals surface area (Å²) >= 11 is 0. The lowest BCUT2D eigenvalue weighted by atomic mass is 9.63. The maximum absolute atomic E-state index is 13.6. The highest BCUT2D eigenvalue weighted by molar-refractivity contribution is 5.94. The number of carbonyl (C=O) groups excluding carboxylic acids is 2. The molecule has 2 N–H and O–H groups in total. The summed E-state index contributed by atoms with van der Waals surface area (Å²) in [5.41, 5.74) is 1.04. The van der Waals surface area contributed by atoms with Crippen LogP contribution in [0, 0.1) is 29.6 Å². The lowest BCUT2D eigenvalue weighted by Crippen LogP contribution is -2.56. The van der Waals surface area contributed by atoms with Crippen LogP contribution >= 0.6 is 0 Å². The smallest absolute Gasteiger partial charge is 0.331 e. The molecule has 0 aromatic heterocycles. The number of ether oxygens (including phenoxy) is 1. The number of hydrogen-bond acceptors (Lipinski definition) is 4. The van der Waals surface area contributed by atoms with E-state index in [2.05, 4.69) is 37.4 Å². The molecule has 0 bridgehead atoms. The van der Waals surface area contributed by atoms with Crippen LogP contribution < -0.4 is 5.32 Å². The number of amides is 1. The van der Waals surface area contributed by atoms with Crippen LogP contribution in [0.15, 0.2) is 66.3 Å². The predicted molar refractivity (Wildman–Crippen MR) is 128 cm³/mol. The Morgan fingerprint density at radius 1 is 1.12 bits per heavy atom. The summed E-state index contributed by atoms with van der Waals surface area (Å²) in [5.74, 6) is -1.41. The SMILES string of the molecule is CC1=CC2C=CCC(C)C(O)C(C)C=CC(=O)OC23C(=O)NC(Cc2ccccc2)C3C1C. The zero-order chi connectivity index (χ0) is 23.8. The number of aliphatic hydroxyl groups excluding tert-OH is 1. The van der Waals surface area contributed by atoms with Gasteiger partial charge in [-0.25, -0.2) is 4.79 Å². The molecule has 1 aromatic rings. The van der Waals surface area contributed by atoms with Crippen LogP contribution in [0.5, 0.6) is 0 Å². The minimum Gasteiger partial charge on any atom is -0.444 e. The van der Waals surface area contributed by atoms with Crippen molar-refractivity contribution >= 4 is 11.9 Å². The summed E-state index contributed by atoms with van der Waals surface area (Å²) in [6, 6.07) is 9.97. The van der Waals surface area contributed by atoms with Gasteiger partial charge >= 0.3 is 5.97 Å². The van der Waals surface area contributed by atoms with Crippen LogP contribution in [0.3, 0.4) is 0 Å². The van der Waals surface area contributed by atoms with Crippen molar-refractivity contribution in [3.05, 3.63) is 71.8 Å². The van der Waals surface area contributed by atoms with Crippen molar-refractivity contribution in [2.24, 2.45) is 29.6 Å².